The lowest BCUT2D eigenvalue weighted by molar-refractivity contribution is 0.246. The number of aromatic nitrogens is 2. The third kappa shape index (κ3) is 3.46. The fourth-order valence-electron chi connectivity index (χ4n) is 3.57. The van der Waals surface area contributed by atoms with E-state index in [0.717, 1.165) is 36.8 Å². The van der Waals surface area contributed by atoms with Crippen molar-refractivity contribution >= 4 is 10.0 Å². The van der Waals surface area contributed by atoms with Crippen LogP contribution in [0.25, 0.3) is 11.3 Å². The summed E-state index contributed by atoms with van der Waals surface area (Å²) in [6.07, 6.45) is 3.70. The van der Waals surface area contributed by atoms with Gasteiger partial charge in [-0.15, -0.1) is 0 Å². The molecule has 1 fully saturated rings. The van der Waals surface area contributed by atoms with Gasteiger partial charge in [-0.05, 0) is 62.4 Å². The molecule has 1 saturated heterocycles. The molecule has 1 aliphatic heterocycles. The summed E-state index contributed by atoms with van der Waals surface area (Å²) in [5, 5.41) is 6.44. The van der Waals surface area contributed by atoms with Crippen LogP contribution in [0.1, 0.15) is 43.7 Å². The van der Waals surface area contributed by atoms with Gasteiger partial charge in [-0.25, -0.2) is 13.5 Å². The van der Waals surface area contributed by atoms with Crippen molar-refractivity contribution in [1.29, 1.82) is 0 Å². The number of piperidine rings is 1. The molecule has 1 unspecified atom stereocenters. The first kappa shape index (κ1) is 18.8. The number of hydrogen-bond donors (Lipinski definition) is 1. The SMILES string of the molecule is CCC1CCCCN1S(=O)(=O)c1cc(-c2ccc(=O)[nH]n2)cc(C)c1C. The van der Waals surface area contributed by atoms with Gasteiger partial charge in [-0.3, -0.25) is 4.79 Å². The summed E-state index contributed by atoms with van der Waals surface area (Å²) in [5.41, 5.74) is 2.60. The van der Waals surface area contributed by atoms with Gasteiger partial charge >= 0.3 is 0 Å². The third-order valence-electron chi connectivity index (χ3n) is 5.23. The topological polar surface area (TPSA) is 83.1 Å². The molecule has 1 atom stereocenters. The van der Waals surface area contributed by atoms with Crippen molar-refractivity contribution in [3.63, 3.8) is 0 Å². The summed E-state index contributed by atoms with van der Waals surface area (Å²) < 4.78 is 28.5. The third-order valence-corrected chi connectivity index (χ3v) is 7.30. The molecule has 0 radical (unpaired) electrons. The first-order valence-electron chi connectivity index (χ1n) is 9.03. The molecule has 1 aromatic carbocycles. The van der Waals surface area contributed by atoms with Gasteiger partial charge in [0.2, 0.25) is 10.0 Å². The minimum Gasteiger partial charge on any atom is -0.268 e. The van der Waals surface area contributed by atoms with Crippen LogP contribution in [-0.2, 0) is 10.0 Å². The minimum absolute atomic E-state index is 0.0586. The van der Waals surface area contributed by atoms with Crippen LogP contribution in [0.5, 0.6) is 0 Å². The monoisotopic (exact) mass is 375 g/mol. The number of aromatic amines is 1. The van der Waals surface area contributed by atoms with Crippen molar-refractivity contribution in [3.8, 4) is 11.3 Å². The van der Waals surface area contributed by atoms with Gasteiger partial charge in [0.25, 0.3) is 5.56 Å². The highest BCUT2D eigenvalue weighted by Gasteiger charge is 2.34. The van der Waals surface area contributed by atoms with Crippen molar-refractivity contribution in [2.75, 3.05) is 6.54 Å². The lowest BCUT2D eigenvalue weighted by Gasteiger charge is -2.34. The van der Waals surface area contributed by atoms with E-state index in [1.165, 1.54) is 6.07 Å². The van der Waals surface area contributed by atoms with Gasteiger partial charge in [0.15, 0.2) is 0 Å². The predicted molar refractivity (Wildman–Crippen MR) is 102 cm³/mol. The van der Waals surface area contributed by atoms with Gasteiger partial charge in [-0.1, -0.05) is 13.3 Å². The van der Waals surface area contributed by atoms with Crippen molar-refractivity contribution in [2.24, 2.45) is 0 Å². The molecule has 0 bridgehead atoms. The first-order chi connectivity index (χ1) is 12.3. The molecule has 0 spiro atoms. The number of nitrogens with one attached hydrogen (secondary N) is 1. The highest BCUT2D eigenvalue weighted by molar-refractivity contribution is 7.89. The molecular formula is C19H25N3O3S. The molecule has 1 aromatic heterocycles. The van der Waals surface area contributed by atoms with Gasteiger partial charge in [0, 0.05) is 24.2 Å². The summed E-state index contributed by atoms with van der Waals surface area (Å²) in [6.45, 7) is 6.35. The maximum Gasteiger partial charge on any atom is 0.264 e. The number of hydrogen-bond acceptors (Lipinski definition) is 4. The zero-order chi connectivity index (χ0) is 18.9. The van der Waals surface area contributed by atoms with Crippen LogP contribution >= 0.6 is 0 Å². The second-order valence-electron chi connectivity index (χ2n) is 6.90. The zero-order valence-corrected chi connectivity index (χ0v) is 16.3. The van der Waals surface area contributed by atoms with E-state index < -0.39 is 10.0 Å². The van der Waals surface area contributed by atoms with Crippen LogP contribution in [0.2, 0.25) is 0 Å². The fourth-order valence-corrected chi connectivity index (χ4v) is 5.67. The maximum atomic E-state index is 13.4. The van der Waals surface area contributed by atoms with Crippen LogP contribution in [-0.4, -0.2) is 35.5 Å². The summed E-state index contributed by atoms with van der Waals surface area (Å²) in [6, 6.07) is 6.64. The molecule has 0 saturated carbocycles. The second-order valence-corrected chi connectivity index (χ2v) is 8.76. The Morgan fingerprint density at radius 1 is 1.23 bits per heavy atom. The Morgan fingerprint density at radius 2 is 2.00 bits per heavy atom. The van der Waals surface area contributed by atoms with E-state index in [1.54, 1.807) is 16.4 Å². The molecule has 7 heteroatoms. The highest BCUT2D eigenvalue weighted by Crippen LogP contribution is 2.32. The van der Waals surface area contributed by atoms with Crippen LogP contribution in [0.15, 0.2) is 34.0 Å². The number of sulfonamides is 1. The summed E-state index contributed by atoms with van der Waals surface area (Å²) >= 11 is 0. The van der Waals surface area contributed by atoms with E-state index in [0.29, 0.717) is 22.7 Å². The standard InChI is InChI=1S/C19H25N3O3S/c1-4-16-7-5-6-10-22(16)26(24,25)18-12-15(11-13(2)14(18)3)17-8-9-19(23)21-20-17/h8-9,11-12,16H,4-7,10H2,1-3H3,(H,21,23). The Kier molecular flexibility index (Phi) is 5.29. The average Bonchev–Trinajstić information content (AvgIpc) is 2.64. The van der Waals surface area contributed by atoms with Crippen molar-refractivity contribution < 1.29 is 8.42 Å². The predicted octanol–water partition coefficient (Wildman–Crippen LogP) is 3.01. The normalized spacial score (nSPS) is 18.8. The quantitative estimate of drug-likeness (QED) is 0.890. The first-order valence-corrected chi connectivity index (χ1v) is 10.5. The molecule has 1 aliphatic rings. The molecule has 0 amide bonds. The van der Waals surface area contributed by atoms with Gasteiger partial charge in [0.1, 0.15) is 0 Å². The van der Waals surface area contributed by atoms with Crippen LogP contribution in [0.3, 0.4) is 0 Å². The van der Waals surface area contributed by atoms with Crippen LogP contribution in [0.4, 0.5) is 0 Å². The number of aryl methyl sites for hydroxylation is 1. The number of H-pyrrole nitrogens is 1. The van der Waals surface area contributed by atoms with E-state index in [4.69, 9.17) is 0 Å². The van der Waals surface area contributed by atoms with E-state index in [1.807, 2.05) is 26.8 Å². The van der Waals surface area contributed by atoms with Gasteiger partial charge in [0.05, 0.1) is 10.6 Å². The van der Waals surface area contributed by atoms with E-state index in [9.17, 15) is 13.2 Å². The molecule has 0 aliphatic carbocycles. The van der Waals surface area contributed by atoms with E-state index in [2.05, 4.69) is 10.2 Å². The largest absolute Gasteiger partial charge is 0.268 e. The molecule has 26 heavy (non-hydrogen) atoms. The second kappa shape index (κ2) is 7.32. The van der Waals surface area contributed by atoms with Crippen molar-refractivity contribution in [1.82, 2.24) is 14.5 Å². The molecule has 6 nitrogen and oxygen atoms in total. The van der Waals surface area contributed by atoms with Crippen LogP contribution in [0, 0.1) is 13.8 Å². The number of benzene rings is 1. The molecule has 1 N–H and O–H groups in total. The van der Waals surface area contributed by atoms with Crippen LogP contribution < -0.4 is 5.56 Å². The van der Waals surface area contributed by atoms with Gasteiger partial charge < -0.3 is 0 Å². The van der Waals surface area contributed by atoms with Gasteiger partial charge in [-0.2, -0.15) is 9.40 Å². The number of rotatable bonds is 4. The Bertz CT molecular complexity index is 946. The molecular weight excluding hydrogens is 350 g/mol. The molecule has 2 heterocycles. The fraction of sp³-hybridized carbons (Fsp3) is 0.474. The number of nitrogens with zero attached hydrogens (tertiary/aromatic N) is 2. The summed E-state index contributed by atoms with van der Waals surface area (Å²) in [5.74, 6) is 0. The minimum atomic E-state index is -3.58. The van der Waals surface area contributed by atoms with E-state index in [-0.39, 0.29) is 11.6 Å². The Hall–Kier alpha value is -1.99. The Balaban J connectivity index is 2.11. The average molecular weight is 375 g/mol. The van der Waals surface area contributed by atoms with Crippen molar-refractivity contribution in [2.45, 2.75) is 57.4 Å². The summed E-state index contributed by atoms with van der Waals surface area (Å²) in [4.78, 5) is 11.6. The highest BCUT2D eigenvalue weighted by atomic mass is 32.2. The molecule has 140 valence electrons. The maximum absolute atomic E-state index is 13.4. The Morgan fingerprint density at radius 3 is 2.65 bits per heavy atom. The molecule has 3 rings (SSSR count). The Labute approximate surface area is 154 Å². The summed E-state index contributed by atoms with van der Waals surface area (Å²) in [7, 11) is -3.58. The smallest absolute Gasteiger partial charge is 0.264 e. The van der Waals surface area contributed by atoms with Crippen molar-refractivity contribution in [3.05, 3.63) is 45.7 Å². The lowest BCUT2D eigenvalue weighted by atomic mass is 10.0. The lowest BCUT2D eigenvalue weighted by Crippen LogP contribution is -2.43. The molecule has 2 aromatic rings. The zero-order valence-electron chi connectivity index (χ0n) is 15.4. The van der Waals surface area contributed by atoms with E-state index >= 15 is 0 Å².